The van der Waals surface area contributed by atoms with Crippen LogP contribution < -0.4 is 0 Å². The zero-order valence-electron chi connectivity index (χ0n) is 22.4. The molecule has 5 heteroatoms. The van der Waals surface area contributed by atoms with Crippen LogP contribution in [0.2, 0.25) is 0 Å². The summed E-state index contributed by atoms with van der Waals surface area (Å²) in [6.07, 6.45) is 22.4. The summed E-state index contributed by atoms with van der Waals surface area (Å²) in [5, 5.41) is 0. The summed E-state index contributed by atoms with van der Waals surface area (Å²) < 4.78 is 20.5. The quantitative estimate of drug-likeness (QED) is 0.182. The first kappa shape index (κ1) is 28.3. The maximum atomic E-state index is 14.8. The number of halogens is 1. The van der Waals surface area contributed by atoms with Crippen LogP contribution in [0.5, 0.6) is 0 Å². The van der Waals surface area contributed by atoms with Crippen LogP contribution in [0.15, 0.2) is 30.6 Å². The van der Waals surface area contributed by atoms with Crippen LogP contribution in [0.4, 0.5) is 4.39 Å². The fraction of sp³-hybridized carbons (Fsp3) is 0.645. The number of aromatic nitrogens is 2. The Kier molecular flexibility index (Phi) is 12.4. The molecule has 1 aromatic heterocycles. The Bertz CT molecular complexity index is 907. The van der Waals surface area contributed by atoms with Crippen LogP contribution >= 0.6 is 0 Å². The van der Waals surface area contributed by atoms with Crippen molar-refractivity contribution in [3.63, 3.8) is 0 Å². The molecule has 2 aromatic rings. The Morgan fingerprint density at radius 2 is 1.53 bits per heavy atom. The molecule has 0 spiro atoms. The van der Waals surface area contributed by atoms with Gasteiger partial charge in [0, 0.05) is 18.0 Å². The zero-order valence-corrected chi connectivity index (χ0v) is 22.4. The number of aryl methyl sites for hydroxylation is 1. The molecule has 3 rings (SSSR count). The lowest BCUT2D eigenvalue weighted by molar-refractivity contribution is 0.0156. The fourth-order valence-corrected chi connectivity index (χ4v) is 5.18. The van der Waals surface area contributed by atoms with E-state index in [1.54, 1.807) is 6.07 Å². The molecule has 1 aromatic carbocycles. The number of carbonyl (C=O) groups is 1. The lowest BCUT2D eigenvalue weighted by atomic mass is 9.84. The SMILES string of the molecule is CCCCCCCCc1cnc(-c2ccc(C(=O)O[C@H]3CC[C@H](CCCCCC)CC3)c(F)c2)nc1. The topological polar surface area (TPSA) is 52.1 Å². The van der Waals surface area contributed by atoms with E-state index in [0.29, 0.717) is 11.4 Å². The molecule has 1 fully saturated rings. The molecule has 1 saturated carbocycles. The predicted molar refractivity (Wildman–Crippen MR) is 144 cm³/mol. The van der Waals surface area contributed by atoms with Gasteiger partial charge in [-0.25, -0.2) is 19.2 Å². The molecule has 198 valence electrons. The molecule has 0 N–H and O–H groups in total. The number of esters is 1. The highest BCUT2D eigenvalue weighted by molar-refractivity contribution is 5.90. The van der Waals surface area contributed by atoms with E-state index in [9.17, 15) is 9.18 Å². The van der Waals surface area contributed by atoms with Gasteiger partial charge in [0.15, 0.2) is 5.82 Å². The van der Waals surface area contributed by atoms with Gasteiger partial charge in [-0.15, -0.1) is 0 Å². The number of carbonyl (C=O) groups excluding carboxylic acids is 1. The first-order chi connectivity index (χ1) is 17.6. The molecule has 0 radical (unpaired) electrons. The average molecular weight is 497 g/mol. The molecule has 0 bridgehead atoms. The largest absolute Gasteiger partial charge is 0.459 e. The van der Waals surface area contributed by atoms with Gasteiger partial charge in [0.25, 0.3) is 0 Å². The van der Waals surface area contributed by atoms with Crippen molar-refractivity contribution in [1.82, 2.24) is 9.97 Å². The van der Waals surface area contributed by atoms with Crippen molar-refractivity contribution in [2.24, 2.45) is 5.92 Å². The van der Waals surface area contributed by atoms with Gasteiger partial charge in [-0.3, -0.25) is 0 Å². The molecule has 1 heterocycles. The Morgan fingerprint density at radius 1 is 0.889 bits per heavy atom. The van der Waals surface area contributed by atoms with Crippen molar-refractivity contribution < 1.29 is 13.9 Å². The Balaban J connectivity index is 1.45. The molecular formula is C31H45FN2O2. The van der Waals surface area contributed by atoms with Crippen LogP contribution in [-0.4, -0.2) is 22.0 Å². The van der Waals surface area contributed by atoms with Crippen molar-refractivity contribution in [2.75, 3.05) is 0 Å². The smallest absolute Gasteiger partial charge is 0.341 e. The van der Waals surface area contributed by atoms with Gasteiger partial charge >= 0.3 is 5.97 Å². The van der Waals surface area contributed by atoms with E-state index < -0.39 is 11.8 Å². The minimum atomic E-state index is -0.582. The third-order valence-electron chi connectivity index (χ3n) is 7.50. The summed E-state index contributed by atoms with van der Waals surface area (Å²) >= 11 is 0. The molecule has 0 saturated heterocycles. The summed E-state index contributed by atoms with van der Waals surface area (Å²) in [5.74, 6) is 0.0605. The summed E-state index contributed by atoms with van der Waals surface area (Å²) in [6.45, 7) is 4.46. The summed E-state index contributed by atoms with van der Waals surface area (Å²) in [4.78, 5) is 21.5. The van der Waals surface area contributed by atoms with Gasteiger partial charge in [-0.1, -0.05) is 84.1 Å². The van der Waals surface area contributed by atoms with Crippen LogP contribution in [0.1, 0.15) is 126 Å². The van der Waals surface area contributed by atoms with Gasteiger partial charge in [0.05, 0.1) is 5.56 Å². The molecule has 4 nitrogen and oxygen atoms in total. The van der Waals surface area contributed by atoms with E-state index in [-0.39, 0.29) is 11.7 Å². The van der Waals surface area contributed by atoms with E-state index in [1.807, 2.05) is 12.4 Å². The van der Waals surface area contributed by atoms with Gasteiger partial charge in [-0.2, -0.15) is 0 Å². The molecule has 36 heavy (non-hydrogen) atoms. The van der Waals surface area contributed by atoms with Crippen molar-refractivity contribution in [2.45, 2.75) is 123 Å². The number of benzene rings is 1. The molecule has 0 unspecified atom stereocenters. The monoisotopic (exact) mass is 496 g/mol. The molecular weight excluding hydrogens is 451 g/mol. The minimum absolute atomic E-state index is 0.0138. The first-order valence-electron chi connectivity index (χ1n) is 14.4. The molecule has 1 aliphatic rings. The van der Waals surface area contributed by atoms with Crippen LogP contribution in [-0.2, 0) is 11.2 Å². The highest BCUT2D eigenvalue weighted by Gasteiger charge is 2.25. The maximum Gasteiger partial charge on any atom is 0.341 e. The summed E-state index contributed by atoms with van der Waals surface area (Å²) in [7, 11) is 0. The third-order valence-corrected chi connectivity index (χ3v) is 7.50. The number of hydrogen-bond donors (Lipinski definition) is 0. The second-order valence-corrected chi connectivity index (χ2v) is 10.5. The van der Waals surface area contributed by atoms with Gasteiger partial charge < -0.3 is 4.74 Å². The van der Waals surface area contributed by atoms with Crippen LogP contribution in [0, 0.1) is 11.7 Å². The molecule has 1 aliphatic carbocycles. The Hall–Kier alpha value is -2.30. The van der Waals surface area contributed by atoms with Crippen molar-refractivity contribution >= 4 is 5.97 Å². The normalized spacial score (nSPS) is 17.8. The van der Waals surface area contributed by atoms with E-state index in [2.05, 4.69) is 23.8 Å². The second-order valence-electron chi connectivity index (χ2n) is 10.5. The standard InChI is InChI=1S/C31H45FN2O2/c1-3-5-7-9-10-12-14-25-22-33-30(34-23-25)26-17-20-28(29(32)21-26)31(35)36-27-18-15-24(16-19-27)13-11-8-6-4-2/h17,20-24,27H,3-16,18-19H2,1-2H3/t24-,27-. The number of unbranched alkanes of at least 4 members (excludes halogenated alkanes) is 8. The zero-order chi connectivity index (χ0) is 25.6. The Morgan fingerprint density at radius 3 is 2.19 bits per heavy atom. The highest BCUT2D eigenvalue weighted by atomic mass is 19.1. The van der Waals surface area contributed by atoms with Crippen molar-refractivity contribution in [3.8, 4) is 11.4 Å². The number of ether oxygens (including phenoxy) is 1. The maximum absolute atomic E-state index is 14.8. The molecule has 0 atom stereocenters. The third kappa shape index (κ3) is 9.29. The number of hydrogen-bond acceptors (Lipinski definition) is 4. The van der Waals surface area contributed by atoms with Gasteiger partial charge in [0.1, 0.15) is 11.9 Å². The van der Waals surface area contributed by atoms with E-state index in [0.717, 1.165) is 50.0 Å². The van der Waals surface area contributed by atoms with Gasteiger partial charge in [-0.05, 0) is 62.1 Å². The lowest BCUT2D eigenvalue weighted by Gasteiger charge is -2.28. The molecule has 0 amide bonds. The van der Waals surface area contributed by atoms with Crippen LogP contribution in [0.3, 0.4) is 0 Å². The van der Waals surface area contributed by atoms with Gasteiger partial charge in [0.2, 0.25) is 0 Å². The Labute approximate surface area is 217 Å². The summed E-state index contributed by atoms with van der Waals surface area (Å²) in [6, 6.07) is 4.54. The number of nitrogens with zero attached hydrogens (tertiary/aromatic N) is 2. The van der Waals surface area contributed by atoms with E-state index in [1.165, 1.54) is 76.3 Å². The molecule has 0 aliphatic heterocycles. The van der Waals surface area contributed by atoms with Crippen molar-refractivity contribution in [1.29, 1.82) is 0 Å². The minimum Gasteiger partial charge on any atom is -0.459 e. The lowest BCUT2D eigenvalue weighted by Crippen LogP contribution is -2.25. The van der Waals surface area contributed by atoms with E-state index >= 15 is 0 Å². The van der Waals surface area contributed by atoms with E-state index in [4.69, 9.17) is 4.74 Å². The number of rotatable bonds is 15. The predicted octanol–water partition coefficient (Wildman–Crippen LogP) is 8.87. The average Bonchev–Trinajstić information content (AvgIpc) is 2.90. The fourth-order valence-electron chi connectivity index (χ4n) is 5.18. The second kappa shape index (κ2) is 15.7. The van der Waals surface area contributed by atoms with Crippen LogP contribution in [0.25, 0.3) is 11.4 Å². The first-order valence-corrected chi connectivity index (χ1v) is 14.4. The van der Waals surface area contributed by atoms with Crippen molar-refractivity contribution in [3.05, 3.63) is 47.5 Å². The summed E-state index contributed by atoms with van der Waals surface area (Å²) in [5.41, 5.74) is 1.66. The highest BCUT2D eigenvalue weighted by Crippen LogP contribution is 2.31.